The summed E-state index contributed by atoms with van der Waals surface area (Å²) in [6.07, 6.45) is 0.937. The van der Waals surface area contributed by atoms with Crippen LogP contribution < -0.4 is 5.73 Å². The first-order valence-electron chi connectivity index (χ1n) is 5.55. The minimum atomic E-state index is 0.231. The van der Waals surface area contributed by atoms with Gasteiger partial charge in [0.1, 0.15) is 11.6 Å². The van der Waals surface area contributed by atoms with E-state index in [1.807, 2.05) is 16.7 Å². The van der Waals surface area contributed by atoms with Crippen molar-refractivity contribution in [1.29, 1.82) is 5.26 Å². The normalized spacial score (nSPS) is 19.6. The Bertz CT molecular complexity index is 605. The van der Waals surface area contributed by atoms with Crippen molar-refractivity contribution in [3.63, 3.8) is 0 Å². The Balaban J connectivity index is 2.24. The second-order valence-corrected chi connectivity index (χ2v) is 4.14. The first-order chi connectivity index (χ1) is 8.31. The molecule has 1 aromatic heterocycles. The summed E-state index contributed by atoms with van der Waals surface area (Å²) in [5.74, 6) is 0.457. The van der Waals surface area contributed by atoms with Gasteiger partial charge in [-0.3, -0.25) is 0 Å². The average molecular weight is 228 g/mol. The Morgan fingerprint density at radius 2 is 2.41 bits per heavy atom. The zero-order valence-corrected chi connectivity index (χ0v) is 9.26. The topological polar surface area (TPSA) is 76.9 Å². The summed E-state index contributed by atoms with van der Waals surface area (Å²) in [6.45, 7) is 1.41. The number of hydrogen-bond donors (Lipinski definition) is 1. The van der Waals surface area contributed by atoms with Crippen molar-refractivity contribution < 1.29 is 4.74 Å². The van der Waals surface area contributed by atoms with Crippen LogP contribution in [0, 0.1) is 11.3 Å². The van der Waals surface area contributed by atoms with E-state index in [-0.39, 0.29) is 6.04 Å². The van der Waals surface area contributed by atoms with Gasteiger partial charge in [-0.25, -0.2) is 4.98 Å². The maximum atomic E-state index is 9.04. The number of nitriles is 1. The number of fused-ring (bicyclic) bond motifs is 1. The fraction of sp³-hybridized carbons (Fsp3) is 0.333. The largest absolute Gasteiger partial charge is 0.379 e. The number of imidazole rings is 1. The standard InChI is InChI=1S/C12H12N4O/c13-6-8-2-1-3-10-11(8)15-12(14)16(10)9-4-5-17-7-9/h1-3,9H,4-5,7H2,(H2,14,15). The number of rotatable bonds is 1. The van der Waals surface area contributed by atoms with Crippen molar-refractivity contribution in [2.45, 2.75) is 12.5 Å². The van der Waals surface area contributed by atoms with Crippen molar-refractivity contribution in [1.82, 2.24) is 9.55 Å². The minimum absolute atomic E-state index is 0.231. The fourth-order valence-corrected chi connectivity index (χ4v) is 2.33. The van der Waals surface area contributed by atoms with E-state index in [4.69, 9.17) is 15.7 Å². The van der Waals surface area contributed by atoms with Gasteiger partial charge in [0.25, 0.3) is 0 Å². The molecule has 17 heavy (non-hydrogen) atoms. The van der Waals surface area contributed by atoms with Gasteiger partial charge in [-0.1, -0.05) is 6.07 Å². The van der Waals surface area contributed by atoms with E-state index < -0.39 is 0 Å². The van der Waals surface area contributed by atoms with Crippen LogP contribution in [0.15, 0.2) is 18.2 Å². The van der Waals surface area contributed by atoms with Crippen LogP contribution in [-0.4, -0.2) is 22.8 Å². The summed E-state index contributed by atoms with van der Waals surface area (Å²) in [7, 11) is 0. The zero-order chi connectivity index (χ0) is 11.8. The second-order valence-electron chi connectivity index (χ2n) is 4.14. The quantitative estimate of drug-likeness (QED) is 0.801. The summed E-state index contributed by atoms with van der Waals surface area (Å²) < 4.78 is 7.35. The number of nitrogens with two attached hydrogens (primary N) is 1. The molecule has 0 amide bonds. The highest BCUT2D eigenvalue weighted by Crippen LogP contribution is 2.29. The van der Waals surface area contributed by atoms with E-state index in [0.717, 1.165) is 18.5 Å². The Hall–Kier alpha value is -2.06. The molecule has 2 aromatic rings. The van der Waals surface area contributed by atoms with E-state index in [9.17, 15) is 0 Å². The average Bonchev–Trinajstić information content (AvgIpc) is 2.93. The number of para-hydroxylation sites is 1. The molecule has 1 atom stereocenters. The molecular formula is C12H12N4O. The molecule has 5 nitrogen and oxygen atoms in total. The fourth-order valence-electron chi connectivity index (χ4n) is 2.33. The highest BCUT2D eigenvalue weighted by atomic mass is 16.5. The van der Waals surface area contributed by atoms with Crippen LogP contribution in [0.25, 0.3) is 11.0 Å². The van der Waals surface area contributed by atoms with Gasteiger partial charge in [0.2, 0.25) is 5.95 Å². The lowest BCUT2D eigenvalue weighted by Gasteiger charge is -2.12. The number of aromatic nitrogens is 2. The van der Waals surface area contributed by atoms with Crippen LogP contribution in [0.3, 0.4) is 0 Å². The molecule has 5 heteroatoms. The Labute approximate surface area is 98.4 Å². The monoisotopic (exact) mass is 228 g/mol. The van der Waals surface area contributed by atoms with E-state index in [1.54, 1.807) is 6.07 Å². The van der Waals surface area contributed by atoms with Crippen LogP contribution in [0.2, 0.25) is 0 Å². The molecule has 0 aliphatic carbocycles. The summed E-state index contributed by atoms with van der Waals surface area (Å²) >= 11 is 0. The number of benzene rings is 1. The van der Waals surface area contributed by atoms with Crippen LogP contribution in [0.4, 0.5) is 5.95 Å². The third-order valence-electron chi connectivity index (χ3n) is 3.14. The van der Waals surface area contributed by atoms with E-state index in [1.165, 1.54) is 0 Å². The van der Waals surface area contributed by atoms with Gasteiger partial charge in [0, 0.05) is 6.61 Å². The molecule has 1 fully saturated rings. The molecule has 0 radical (unpaired) electrons. The summed E-state index contributed by atoms with van der Waals surface area (Å²) in [5.41, 5.74) is 8.10. The van der Waals surface area contributed by atoms with Crippen molar-refractivity contribution >= 4 is 17.0 Å². The number of ether oxygens (including phenoxy) is 1. The van der Waals surface area contributed by atoms with Gasteiger partial charge >= 0.3 is 0 Å². The zero-order valence-electron chi connectivity index (χ0n) is 9.26. The molecule has 1 aromatic carbocycles. The molecular weight excluding hydrogens is 216 g/mol. The molecule has 1 aliphatic heterocycles. The van der Waals surface area contributed by atoms with Crippen LogP contribution in [-0.2, 0) is 4.74 Å². The third kappa shape index (κ3) is 1.46. The molecule has 1 aliphatic rings. The first kappa shape index (κ1) is 10.1. The molecule has 1 unspecified atom stereocenters. The van der Waals surface area contributed by atoms with Gasteiger partial charge in [-0.2, -0.15) is 5.26 Å². The first-order valence-corrected chi connectivity index (χ1v) is 5.55. The molecule has 86 valence electrons. The second kappa shape index (κ2) is 3.75. The third-order valence-corrected chi connectivity index (χ3v) is 3.14. The Morgan fingerprint density at radius 1 is 1.53 bits per heavy atom. The summed E-state index contributed by atoms with van der Waals surface area (Å²) in [6, 6.07) is 7.92. The van der Waals surface area contributed by atoms with Crippen LogP contribution in [0.5, 0.6) is 0 Å². The van der Waals surface area contributed by atoms with Gasteiger partial charge in [-0.05, 0) is 18.6 Å². The number of nitrogen functional groups attached to an aromatic ring is 1. The smallest absolute Gasteiger partial charge is 0.201 e. The van der Waals surface area contributed by atoms with Gasteiger partial charge in [-0.15, -0.1) is 0 Å². The van der Waals surface area contributed by atoms with Gasteiger partial charge < -0.3 is 15.0 Å². The molecule has 0 spiro atoms. The molecule has 1 saturated heterocycles. The van der Waals surface area contributed by atoms with Crippen molar-refractivity contribution in [3.8, 4) is 6.07 Å². The SMILES string of the molecule is N#Cc1cccc2c1nc(N)n2C1CCOC1. The maximum absolute atomic E-state index is 9.04. The molecule has 2 N–H and O–H groups in total. The van der Waals surface area contributed by atoms with E-state index >= 15 is 0 Å². The number of hydrogen-bond acceptors (Lipinski definition) is 4. The molecule has 3 rings (SSSR count). The van der Waals surface area contributed by atoms with Crippen LogP contribution in [0.1, 0.15) is 18.0 Å². The molecule has 0 saturated carbocycles. The Morgan fingerprint density at radius 3 is 3.12 bits per heavy atom. The predicted molar refractivity (Wildman–Crippen MR) is 63.3 cm³/mol. The van der Waals surface area contributed by atoms with E-state index in [0.29, 0.717) is 23.6 Å². The van der Waals surface area contributed by atoms with E-state index in [2.05, 4.69) is 11.1 Å². The lowest BCUT2D eigenvalue weighted by molar-refractivity contribution is 0.187. The predicted octanol–water partition coefficient (Wildman–Crippen LogP) is 1.45. The lowest BCUT2D eigenvalue weighted by atomic mass is 10.2. The Kier molecular flexibility index (Phi) is 2.23. The summed E-state index contributed by atoms with van der Waals surface area (Å²) in [4.78, 5) is 4.29. The van der Waals surface area contributed by atoms with Gasteiger partial charge in [0.15, 0.2) is 0 Å². The lowest BCUT2D eigenvalue weighted by Crippen LogP contribution is -2.11. The van der Waals surface area contributed by atoms with Crippen molar-refractivity contribution in [3.05, 3.63) is 23.8 Å². The van der Waals surface area contributed by atoms with Crippen LogP contribution >= 0.6 is 0 Å². The minimum Gasteiger partial charge on any atom is -0.379 e. The van der Waals surface area contributed by atoms with Crippen molar-refractivity contribution in [2.75, 3.05) is 18.9 Å². The highest BCUT2D eigenvalue weighted by molar-refractivity contribution is 5.84. The highest BCUT2D eigenvalue weighted by Gasteiger charge is 2.22. The maximum Gasteiger partial charge on any atom is 0.201 e. The number of nitrogens with zero attached hydrogens (tertiary/aromatic N) is 3. The van der Waals surface area contributed by atoms with Crippen molar-refractivity contribution in [2.24, 2.45) is 0 Å². The number of anilines is 1. The summed E-state index contributed by atoms with van der Waals surface area (Å²) in [5, 5.41) is 9.04. The van der Waals surface area contributed by atoms with Gasteiger partial charge in [0.05, 0.1) is 23.7 Å². The molecule has 0 bridgehead atoms. The molecule has 2 heterocycles.